The Labute approximate surface area is 125 Å². The van der Waals surface area contributed by atoms with Gasteiger partial charge in [-0.2, -0.15) is 0 Å². The maximum Gasteiger partial charge on any atom is 0.149 e. The van der Waals surface area contributed by atoms with E-state index in [0.717, 1.165) is 19.6 Å². The zero-order valence-corrected chi connectivity index (χ0v) is 12.9. The fraction of sp³-hybridized carbons (Fsp3) is 0.625. The molecule has 2 rings (SSSR count). The number of nitrogens with two attached hydrogens (primary N) is 1. The number of nitrogens with zero attached hydrogens (tertiary/aromatic N) is 2. The van der Waals surface area contributed by atoms with E-state index in [2.05, 4.69) is 18.7 Å². The molecule has 1 saturated heterocycles. The molecule has 0 radical (unpaired) electrons. The summed E-state index contributed by atoms with van der Waals surface area (Å²) in [6.45, 7) is 8.82. The first-order valence-electron chi connectivity index (χ1n) is 7.66. The van der Waals surface area contributed by atoms with E-state index < -0.39 is 11.6 Å². The average Bonchev–Trinajstić information content (AvgIpc) is 2.39. The molecule has 21 heavy (non-hydrogen) atoms. The number of rotatable bonds is 5. The van der Waals surface area contributed by atoms with Crippen LogP contribution >= 0.6 is 0 Å². The number of piperazine rings is 1. The molecule has 0 bridgehead atoms. The lowest BCUT2D eigenvalue weighted by atomic mass is 10.1. The monoisotopic (exact) mass is 297 g/mol. The Morgan fingerprint density at radius 2 is 1.67 bits per heavy atom. The third-order valence-corrected chi connectivity index (χ3v) is 3.82. The van der Waals surface area contributed by atoms with Crippen molar-refractivity contribution in [3.63, 3.8) is 0 Å². The first-order valence-corrected chi connectivity index (χ1v) is 7.66. The molecule has 0 aliphatic carbocycles. The van der Waals surface area contributed by atoms with Crippen LogP contribution in [0.5, 0.6) is 0 Å². The molecule has 0 spiro atoms. The molecule has 3 nitrogen and oxygen atoms in total. The molecular formula is C16H25F2N3. The normalized spacial score (nSPS) is 16.8. The predicted molar refractivity (Wildman–Crippen MR) is 82.6 cm³/mol. The Balaban J connectivity index is 2.06. The molecule has 1 aromatic carbocycles. The van der Waals surface area contributed by atoms with E-state index in [4.69, 9.17) is 5.73 Å². The lowest BCUT2D eigenvalue weighted by molar-refractivity contribution is 0.230. The van der Waals surface area contributed by atoms with E-state index in [-0.39, 0.29) is 5.69 Å². The largest absolute Gasteiger partial charge is 0.364 e. The van der Waals surface area contributed by atoms with Gasteiger partial charge in [-0.3, -0.25) is 4.90 Å². The highest BCUT2D eigenvalue weighted by molar-refractivity contribution is 5.51. The van der Waals surface area contributed by atoms with E-state index in [9.17, 15) is 8.78 Å². The van der Waals surface area contributed by atoms with Crippen LogP contribution in [0.4, 0.5) is 14.5 Å². The van der Waals surface area contributed by atoms with Crippen LogP contribution in [-0.2, 0) is 6.42 Å². The summed E-state index contributed by atoms with van der Waals surface area (Å²) in [6, 6.07) is 2.82. The molecule has 1 aromatic rings. The number of benzene rings is 1. The molecule has 1 aliphatic rings. The zero-order valence-electron chi connectivity index (χ0n) is 12.9. The maximum atomic E-state index is 14.2. The molecule has 2 N–H and O–H groups in total. The standard InChI is InChI=1S/C16H25F2N3/c1-12(2)11-20-5-7-21(8-6-20)16-14(17)9-13(3-4-19)10-15(16)18/h9-10,12H,3-8,11,19H2,1-2H3. The van der Waals surface area contributed by atoms with Gasteiger partial charge in [0.2, 0.25) is 0 Å². The van der Waals surface area contributed by atoms with Gasteiger partial charge in [0.05, 0.1) is 0 Å². The number of hydrogen-bond donors (Lipinski definition) is 1. The van der Waals surface area contributed by atoms with Gasteiger partial charge >= 0.3 is 0 Å². The average molecular weight is 297 g/mol. The Hall–Kier alpha value is -1.20. The van der Waals surface area contributed by atoms with E-state index in [0.29, 0.717) is 37.5 Å². The SMILES string of the molecule is CC(C)CN1CCN(c2c(F)cc(CCN)cc2F)CC1. The molecule has 0 aromatic heterocycles. The van der Waals surface area contributed by atoms with Gasteiger partial charge in [0.15, 0.2) is 0 Å². The van der Waals surface area contributed by atoms with Gasteiger partial charge in [-0.1, -0.05) is 13.8 Å². The van der Waals surface area contributed by atoms with Crippen molar-refractivity contribution in [2.24, 2.45) is 11.7 Å². The van der Waals surface area contributed by atoms with Crippen molar-refractivity contribution in [1.29, 1.82) is 0 Å². The molecule has 118 valence electrons. The second kappa shape index (κ2) is 7.18. The summed E-state index contributed by atoms with van der Waals surface area (Å²) in [4.78, 5) is 4.16. The number of hydrogen-bond acceptors (Lipinski definition) is 3. The van der Waals surface area contributed by atoms with Gasteiger partial charge < -0.3 is 10.6 Å². The second-order valence-corrected chi connectivity index (χ2v) is 6.13. The third-order valence-electron chi connectivity index (χ3n) is 3.82. The lowest BCUT2D eigenvalue weighted by Gasteiger charge is -2.37. The van der Waals surface area contributed by atoms with Crippen LogP contribution in [0.1, 0.15) is 19.4 Å². The molecule has 1 aliphatic heterocycles. The quantitative estimate of drug-likeness (QED) is 0.905. The third kappa shape index (κ3) is 4.14. The first kappa shape index (κ1) is 16.2. The summed E-state index contributed by atoms with van der Waals surface area (Å²) in [6.07, 6.45) is 0.496. The van der Waals surface area contributed by atoms with Crippen molar-refractivity contribution in [1.82, 2.24) is 4.90 Å². The summed E-state index contributed by atoms with van der Waals surface area (Å²) in [5.74, 6) is -0.341. The topological polar surface area (TPSA) is 32.5 Å². The van der Waals surface area contributed by atoms with Crippen LogP contribution in [0.2, 0.25) is 0 Å². The van der Waals surface area contributed by atoms with Gasteiger partial charge in [0.25, 0.3) is 0 Å². The van der Waals surface area contributed by atoms with Crippen molar-refractivity contribution in [3.8, 4) is 0 Å². The molecule has 0 amide bonds. The highest BCUT2D eigenvalue weighted by Gasteiger charge is 2.23. The van der Waals surface area contributed by atoms with Crippen molar-refractivity contribution in [3.05, 3.63) is 29.3 Å². The molecule has 1 fully saturated rings. The molecule has 0 saturated carbocycles. The lowest BCUT2D eigenvalue weighted by Crippen LogP contribution is -2.48. The Morgan fingerprint density at radius 1 is 1.10 bits per heavy atom. The van der Waals surface area contributed by atoms with Crippen molar-refractivity contribution >= 4 is 5.69 Å². The fourth-order valence-electron chi connectivity index (χ4n) is 2.90. The first-order chi connectivity index (χ1) is 10.0. The summed E-state index contributed by atoms with van der Waals surface area (Å²) in [5.41, 5.74) is 6.17. The van der Waals surface area contributed by atoms with Crippen LogP contribution < -0.4 is 10.6 Å². The molecule has 1 heterocycles. The predicted octanol–water partition coefficient (Wildman–Crippen LogP) is 2.24. The minimum absolute atomic E-state index is 0.111. The van der Waals surface area contributed by atoms with Crippen molar-refractivity contribution in [2.75, 3.05) is 44.2 Å². The van der Waals surface area contributed by atoms with Gasteiger partial charge in [-0.15, -0.1) is 0 Å². The van der Waals surface area contributed by atoms with Crippen LogP contribution in [0.25, 0.3) is 0 Å². The summed E-state index contributed by atoms with van der Waals surface area (Å²) < 4.78 is 28.4. The number of anilines is 1. The van der Waals surface area contributed by atoms with E-state index >= 15 is 0 Å². The molecular weight excluding hydrogens is 272 g/mol. The Bertz CT molecular complexity index is 446. The van der Waals surface area contributed by atoms with E-state index in [1.165, 1.54) is 12.1 Å². The van der Waals surface area contributed by atoms with Gasteiger partial charge in [-0.25, -0.2) is 8.78 Å². The number of halogens is 2. The maximum absolute atomic E-state index is 14.2. The Morgan fingerprint density at radius 3 is 2.14 bits per heavy atom. The summed E-state index contributed by atoms with van der Waals surface area (Å²) in [7, 11) is 0. The minimum Gasteiger partial charge on any atom is -0.364 e. The second-order valence-electron chi connectivity index (χ2n) is 6.13. The zero-order chi connectivity index (χ0) is 15.4. The smallest absolute Gasteiger partial charge is 0.149 e. The fourth-order valence-corrected chi connectivity index (χ4v) is 2.90. The minimum atomic E-state index is -0.476. The van der Waals surface area contributed by atoms with Crippen LogP contribution in [0.3, 0.4) is 0 Å². The van der Waals surface area contributed by atoms with E-state index in [1.807, 2.05) is 4.90 Å². The summed E-state index contributed by atoms with van der Waals surface area (Å²) in [5, 5.41) is 0. The van der Waals surface area contributed by atoms with E-state index in [1.54, 1.807) is 0 Å². The highest BCUT2D eigenvalue weighted by Crippen LogP contribution is 2.26. The van der Waals surface area contributed by atoms with Gasteiger partial charge in [0.1, 0.15) is 17.3 Å². The van der Waals surface area contributed by atoms with Crippen molar-refractivity contribution in [2.45, 2.75) is 20.3 Å². The van der Waals surface area contributed by atoms with Crippen LogP contribution in [0, 0.1) is 17.6 Å². The molecule has 0 atom stereocenters. The molecule has 5 heteroatoms. The van der Waals surface area contributed by atoms with Gasteiger partial charge in [0, 0.05) is 32.7 Å². The Kier molecular flexibility index (Phi) is 5.53. The summed E-state index contributed by atoms with van der Waals surface area (Å²) >= 11 is 0. The van der Waals surface area contributed by atoms with Crippen molar-refractivity contribution < 1.29 is 8.78 Å². The van der Waals surface area contributed by atoms with Crippen LogP contribution in [-0.4, -0.2) is 44.2 Å². The van der Waals surface area contributed by atoms with Crippen LogP contribution in [0.15, 0.2) is 12.1 Å². The highest BCUT2D eigenvalue weighted by atomic mass is 19.1. The van der Waals surface area contributed by atoms with Gasteiger partial charge in [-0.05, 0) is 36.6 Å². The molecule has 0 unspecified atom stereocenters.